The smallest absolute Gasteiger partial charge is 0.263 e. The first-order valence-electron chi connectivity index (χ1n) is 6.73. The predicted octanol–water partition coefficient (Wildman–Crippen LogP) is 1.65. The fourth-order valence-electron chi connectivity index (χ4n) is 1.64. The van der Waals surface area contributed by atoms with Crippen molar-refractivity contribution in [3.05, 3.63) is 10.4 Å². The topological polar surface area (TPSA) is 96.2 Å². The van der Waals surface area contributed by atoms with Crippen LogP contribution in [0.4, 0.5) is 10.7 Å². The number of nitrogens with one attached hydrogen (secondary N) is 3. The zero-order chi connectivity index (χ0) is 15.1. The van der Waals surface area contributed by atoms with Crippen LogP contribution in [-0.4, -0.2) is 32.0 Å². The largest absolute Gasteiger partial charge is 0.397 e. The molecule has 1 aromatic rings. The number of carbonyl (C=O) groups excluding carboxylic acids is 2. The van der Waals surface area contributed by atoms with Crippen LogP contribution in [0.2, 0.25) is 0 Å². The Morgan fingerprint density at radius 1 is 1.15 bits per heavy atom. The van der Waals surface area contributed by atoms with Gasteiger partial charge in [0.25, 0.3) is 11.8 Å². The van der Waals surface area contributed by atoms with Crippen molar-refractivity contribution in [2.75, 3.05) is 31.2 Å². The van der Waals surface area contributed by atoms with E-state index in [1.165, 1.54) is 11.3 Å². The number of rotatable bonds is 7. The van der Waals surface area contributed by atoms with Gasteiger partial charge in [0.05, 0.1) is 11.3 Å². The summed E-state index contributed by atoms with van der Waals surface area (Å²) in [4.78, 5) is 24.3. The Bertz CT molecular complexity index is 485. The molecule has 0 aliphatic carbocycles. The van der Waals surface area contributed by atoms with Crippen molar-refractivity contribution in [2.45, 2.75) is 26.7 Å². The third-order valence-electron chi connectivity index (χ3n) is 2.68. The maximum atomic E-state index is 12.0. The van der Waals surface area contributed by atoms with Gasteiger partial charge >= 0.3 is 0 Å². The molecule has 2 amide bonds. The summed E-state index contributed by atoms with van der Waals surface area (Å²) < 4.78 is 0. The highest BCUT2D eigenvalue weighted by Crippen LogP contribution is 2.35. The van der Waals surface area contributed by atoms with Gasteiger partial charge in [-0.05, 0) is 12.8 Å². The van der Waals surface area contributed by atoms with Crippen LogP contribution in [0.15, 0.2) is 0 Å². The van der Waals surface area contributed by atoms with Crippen LogP contribution in [0.1, 0.15) is 46.7 Å². The molecular weight excluding hydrogens is 276 g/mol. The first-order chi connectivity index (χ1) is 9.56. The standard InChI is InChI=1S/C13H22N4O2S/c1-4-6-16-12(19)10-9(14)8(11(18)15-3)13(20-10)17-7-5-2/h17H,4-7,14H2,1-3H3,(H,15,18)(H,16,19). The first-order valence-corrected chi connectivity index (χ1v) is 7.54. The van der Waals surface area contributed by atoms with Gasteiger partial charge in [-0.3, -0.25) is 9.59 Å². The molecule has 1 rings (SSSR count). The maximum absolute atomic E-state index is 12.0. The van der Waals surface area contributed by atoms with Gasteiger partial charge in [-0.15, -0.1) is 11.3 Å². The highest BCUT2D eigenvalue weighted by molar-refractivity contribution is 7.19. The fourth-order valence-corrected chi connectivity index (χ4v) is 2.70. The second-order valence-corrected chi connectivity index (χ2v) is 5.33. The predicted molar refractivity (Wildman–Crippen MR) is 83.5 cm³/mol. The van der Waals surface area contributed by atoms with E-state index in [4.69, 9.17) is 5.73 Å². The van der Waals surface area contributed by atoms with E-state index in [0.717, 1.165) is 19.4 Å². The first kappa shape index (κ1) is 16.3. The molecule has 0 aliphatic rings. The molecule has 0 saturated heterocycles. The number of hydrogen-bond donors (Lipinski definition) is 4. The monoisotopic (exact) mass is 298 g/mol. The molecule has 0 radical (unpaired) electrons. The summed E-state index contributed by atoms with van der Waals surface area (Å²) >= 11 is 1.22. The Balaban J connectivity index is 3.10. The molecule has 0 atom stereocenters. The van der Waals surface area contributed by atoms with Gasteiger partial charge in [0.1, 0.15) is 9.88 Å². The van der Waals surface area contributed by atoms with E-state index in [-0.39, 0.29) is 17.5 Å². The zero-order valence-electron chi connectivity index (χ0n) is 12.1. The van der Waals surface area contributed by atoms with E-state index >= 15 is 0 Å². The minimum Gasteiger partial charge on any atom is -0.397 e. The maximum Gasteiger partial charge on any atom is 0.263 e. The van der Waals surface area contributed by atoms with Gasteiger partial charge < -0.3 is 21.7 Å². The molecule has 0 aliphatic heterocycles. The van der Waals surface area contributed by atoms with Gasteiger partial charge in [0, 0.05) is 20.1 Å². The molecule has 1 heterocycles. The molecule has 0 aromatic carbocycles. The average Bonchev–Trinajstić information content (AvgIpc) is 2.78. The number of carbonyl (C=O) groups is 2. The lowest BCUT2D eigenvalue weighted by Crippen LogP contribution is -2.24. The number of hydrogen-bond acceptors (Lipinski definition) is 5. The lowest BCUT2D eigenvalue weighted by molar-refractivity contribution is 0.0957. The van der Waals surface area contributed by atoms with E-state index in [1.54, 1.807) is 7.05 Å². The van der Waals surface area contributed by atoms with Crippen LogP contribution in [-0.2, 0) is 0 Å². The van der Waals surface area contributed by atoms with Gasteiger partial charge in [-0.2, -0.15) is 0 Å². The zero-order valence-corrected chi connectivity index (χ0v) is 12.9. The molecule has 0 fully saturated rings. The van der Waals surface area contributed by atoms with Crippen LogP contribution in [0, 0.1) is 0 Å². The summed E-state index contributed by atoms with van der Waals surface area (Å²) in [5.74, 6) is -0.518. The lowest BCUT2D eigenvalue weighted by Gasteiger charge is -2.05. The van der Waals surface area contributed by atoms with E-state index in [1.807, 2.05) is 13.8 Å². The van der Waals surface area contributed by atoms with Crippen molar-refractivity contribution in [2.24, 2.45) is 0 Å². The van der Waals surface area contributed by atoms with Crippen LogP contribution < -0.4 is 21.7 Å². The Kier molecular flexibility index (Phi) is 6.30. The highest BCUT2D eigenvalue weighted by atomic mass is 32.1. The Hall–Kier alpha value is -1.76. The quantitative estimate of drug-likeness (QED) is 0.615. The van der Waals surface area contributed by atoms with Crippen molar-refractivity contribution in [1.29, 1.82) is 0 Å². The molecule has 0 spiro atoms. The third-order valence-corrected chi connectivity index (χ3v) is 3.84. The van der Waals surface area contributed by atoms with Crippen LogP contribution in [0.3, 0.4) is 0 Å². The summed E-state index contributed by atoms with van der Waals surface area (Å²) in [6.07, 6.45) is 1.77. The SMILES string of the molecule is CCCNC(=O)c1sc(NCCC)c(C(=O)NC)c1N. The molecule has 7 heteroatoms. The Morgan fingerprint density at radius 2 is 1.80 bits per heavy atom. The minimum absolute atomic E-state index is 0.232. The molecule has 5 N–H and O–H groups in total. The van der Waals surface area contributed by atoms with Crippen LogP contribution in [0.5, 0.6) is 0 Å². The molecule has 0 saturated carbocycles. The summed E-state index contributed by atoms with van der Waals surface area (Å²) in [7, 11) is 1.54. The number of nitrogen functional groups attached to an aromatic ring is 1. The molecule has 112 valence electrons. The number of amides is 2. The summed E-state index contributed by atoms with van der Waals surface area (Å²) in [6, 6.07) is 0. The molecule has 0 bridgehead atoms. The van der Waals surface area contributed by atoms with Crippen LogP contribution >= 0.6 is 11.3 Å². The van der Waals surface area contributed by atoms with Crippen molar-refractivity contribution in [3.8, 4) is 0 Å². The Labute approximate surface area is 123 Å². The van der Waals surface area contributed by atoms with Crippen molar-refractivity contribution < 1.29 is 9.59 Å². The van der Waals surface area contributed by atoms with Crippen molar-refractivity contribution >= 4 is 33.8 Å². The summed E-state index contributed by atoms with van der Waals surface area (Å²) in [6.45, 7) is 5.31. The highest BCUT2D eigenvalue weighted by Gasteiger charge is 2.24. The van der Waals surface area contributed by atoms with E-state index in [2.05, 4.69) is 16.0 Å². The molecule has 6 nitrogen and oxygen atoms in total. The second kappa shape index (κ2) is 7.74. The number of thiophene rings is 1. The second-order valence-electron chi connectivity index (χ2n) is 4.31. The third kappa shape index (κ3) is 3.63. The number of anilines is 2. The molecule has 0 unspecified atom stereocenters. The fraction of sp³-hybridized carbons (Fsp3) is 0.538. The molecular formula is C13H22N4O2S. The van der Waals surface area contributed by atoms with Crippen molar-refractivity contribution in [3.63, 3.8) is 0 Å². The average molecular weight is 298 g/mol. The Morgan fingerprint density at radius 3 is 2.35 bits per heavy atom. The van der Waals surface area contributed by atoms with E-state index in [0.29, 0.717) is 22.0 Å². The van der Waals surface area contributed by atoms with Gasteiger partial charge in [-0.25, -0.2) is 0 Å². The minimum atomic E-state index is -0.285. The summed E-state index contributed by atoms with van der Waals surface area (Å²) in [5, 5.41) is 9.12. The molecule has 20 heavy (non-hydrogen) atoms. The molecule has 1 aromatic heterocycles. The van der Waals surface area contributed by atoms with Crippen LogP contribution in [0.25, 0.3) is 0 Å². The van der Waals surface area contributed by atoms with E-state index in [9.17, 15) is 9.59 Å². The van der Waals surface area contributed by atoms with Gasteiger partial charge in [0.2, 0.25) is 0 Å². The lowest BCUT2D eigenvalue weighted by atomic mass is 10.2. The summed E-state index contributed by atoms with van der Waals surface area (Å²) in [5.41, 5.74) is 6.57. The van der Waals surface area contributed by atoms with Gasteiger partial charge in [0.15, 0.2) is 0 Å². The van der Waals surface area contributed by atoms with Gasteiger partial charge in [-0.1, -0.05) is 13.8 Å². The number of nitrogens with two attached hydrogens (primary N) is 1. The van der Waals surface area contributed by atoms with E-state index < -0.39 is 0 Å². The normalized spacial score (nSPS) is 10.2. The van der Waals surface area contributed by atoms with Crippen molar-refractivity contribution in [1.82, 2.24) is 10.6 Å².